The van der Waals surface area contributed by atoms with Crippen LogP contribution < -0.4 is 5.56 Å². The van der Waals surface area contributed by atoms with Crippen LogP contribution in [0.5, 0.6) is 0 Å². The minimum Gasteiger partial charge on any atom is -0.310 e. The van der Waals surface area contributed by atoms with Gasteiger partial charge in [0.25, 0.3) is 5.56 Å². The van der Waals surface area contributed by atoms with Gasteiger partial charge in [-0.2, -0.15) is 0 Å². The van der Waals surface area contributed by atoms with Crippen LogP contribution in [-0.2, 0) is 19.5 Å². The molecule has 0 atom stereocenters. The lowest BCUT2D eigenvalue weighted by Gasteiger charge is -2.27. The van der Waals surface area contributed by atoms with Crippen molar-refractivity contribution in [1.82, 2.24) is 19.9 Å². The fourth-order valence-electron chi connectivity index (χ4n) is 3.79. The van der Waals surface area contributed by atoms with Gasteiger partial charge in [0.15, 0.2) is 11.6 Å². The Morgan fingerprint density at radius 3 is 2.72 bits per heavy atom. The highest BCUT2D eigenvalue weighted by molar-refractivity contribution is 5.59. The van der Waals surface area contributed by atoms with Crippen molar-refractivity contribution in [2.75, 3.05) is 6.54 Å². The number of rotatable bonds is 4. The molecule has 0 amide bonds. The molecule has 1 aromatic carbocycles. The molecule has 2 aromatic heterocycles. The standard InChI is InChI=1S/C22H20F2N4O/c23-17-5-4-15(9-18(17)24)19-6-1-13(10-25-19)11-28-8-7-20-16(12-28)22(29)27-21(26-20)14-2-3-14/h1,4-6,9-10,14H,2-3,7-8,11-12H2,(H,26,27,29). The summed E-state index contributed by atoms with van der Waals surface area (Å²) in [6.07, 6.45) is 4.73. The van der Waals surface area contributed by atoms with Crippen molar-refractivity contribution in [2.24, 2.45) is 0 Å². The summed E-state index contributed by atoms with van der Waals surface area (Å²) in [7, 11) is 0. The molecule has 3 aromatic rings. The fraction of sp³-hybridized carbons (Fsp3) is 0.318. The molecule has 148 valence electrons. The third-order valence-electron chi connectivity index (χ3n) is 5.58. The van der Waals surface area contributed by atoms with Gasteiger partial charge < -0.3 is 4.98 Å². The molecule has 3 heterocycles. The Hall–Kier alpha value is -2.93. The van der Waals surface area contributed by atoms with E-state index in [0.717, 1.165) is 60.6 Å². The van der Waals surface area contributed by atoms with Crippen LogP contribution in [0, 0.1) is 11.6 Å². The molecule has 1 aliphatic heterocycles. The quantitative estimate of drug-likeness (QED) is 0.735. The van der Waals surface area contributed by atoms with Crippen molar-refractivity contribution in [1.29, 1.82) is 0 Å². The zero-order chi connectivity index (χ0) is 20.0. The van der Waals surface area contributed by atoms with Crippen molar-refractivity contribution >= 4 is 0 Å². The highest BCUT2D eigenvalue weighted by Crippen LogP contribution is 2.37. The first-order chi connectivity index (χ1) is 14.1. The zero-order valence-corrected chi connectivity index (χ0v) is 15.8. The van der Waals surface area contributed by atoms with E-state index in [4.69, 9.17) is 0 Å². The van der Waals surface area contributed by atoms with Gasteiger partial charge in [0.05, 0.1) is 17.0 Å². The summed E-state index contributed by atoms with van der Waals surface area (Å²) in [5, 5.41) is 0. The van der Waals surface area contributed by atoms with Crippen LogP contribution in [-0.4, -0.2) is 26.4 Å². The van der Waals surface area contributed by atoms with Gasteiger partial charge in [-0.05, 0) is 42.7 Å². The molecule has 7 heteroatoms. The summed E-state index contributed by atoms with van der Waals surface area (Å²) >= 11 is 0. The van der Waals surface area contributed by atoms with Gasteiger partial charge >= 0.3 is 0 Å². The van der Waals surface area contributed by atoms with E-state index in [1.165, 1.54) is 6.07 Å². The Balaban J connectivity index is 1.30. The predicted molar refractivity (Wildman–Crippen MR) is 104 cm³/mol. The number of nitrogens with zero attached hydrogens (tertiary/aromatic N) is 3. The lowest BCUT2D eigenvalue weighted by Crippen LogP contribution is -2.35. The molecule has 1 N–H and O–H groups in total. The highest BCUT2D eigenvalue weighted by Gasteiger charge is 2.29. The van der Waals surface area contributed by atoms with Crippen LogP contribution in [0.4, 0.5) is 8.78 Å². The second kappa shape index (κ2) is 7.15. The van der Waals surface area contributed by atoms with Gasteiger partial charge in [-0.25, -0.2) is 13.8 Å². The number of aromatic amines is 1. The second-order valence-electron chi connectivity index (χ2n) is 7.79. The van der Waals surface area contributed by atoms with E-state index >= 15 is 0 Å². The number of hydrogen-bond acceptors (Lipinski definition) is 4. The Morgan fingerprint density at radius 2 is 2.00 bits per heavy atom. The number of fused-ring (bicyclic) bond motifs is 1. The van der Waals surface area contributed by atoms with Gasteiger partial charge in [-0.1, -0.05) is 6.07 Å². The average molecular weight is 394 g/mol. The number of nitrogens with one attached hydrogen (secondary N) is 1. The Bertz CT molecular complexity index is 1120. The van der Waals surface area contributed by atoms with Crippen molar-refractivity contribution in [3.8, 4) is 11.3 Å². The van der Waals surface area contributed by atoms with Crippen molar-refractivity contribution in [3.63, 3.8) is 0 Å². The van der Waals surface area contributed by atoms with E-state index in [2.05, 4.69) is 19.9 Å². The molecule has 1 saturated carbocycles. The van der Waals surface area contributed by atoms with Crippen molar-refractivity contribution in [2.45, 2.75) is 38.3 Å². The van der Waals surface area contributed by atoms with Gasteiger partial charge in [-0.3, -0.25) is 14.7 Å². The smallest absolute Gasteiger partial charge is 0.255 e. The molecule has 0 unspecified atom stereocenters. The normalized spacial score (nSPS) is 16.6. The lowest BCUT2D eigenvalue weighted by molar-refractivity contribution is 0.241. The maximum Gasteiger partial charge on any atom is 0.255 e. The molecule has 5 rings (SSSR count). The van der Waals surface area contributed by atoms with Gasteiger partial charge in [0.2, 0.25) is 0 Å². The predicted octanol–water partition coefficient (Wildman–Crippen LogP) is 3.55. The Morgan fingerprint density at radius 1 is 1.14 bits per heavy atom. The molecule has 0 radical (unpaired) electrons. The monoisotopic (exact) mass is 394 g/mol. The van der Waals surface area contributed by atoms with E-state index in [0.29, 0.717) is 30.3 Å². The Kier molecular flexibility index (Phi) is 4.47. The summed E-state index contributed by atoms with van der Waals surface area (Å²) in [6.45, 7) is 2.06. The molecule has 29 heavy (non-hydrogen) atoms. The fourth-order valence-corrected chi connectivity index (χ4v) is 3.79. The first kappa shape index (κ1) is 18.1. The van der Waals surface area contributed by atoms with E-state index in [9.17, 15) is 13.6 Å². The molecule has 0 bridgehead atoms. The molecule has 1 fully saturated rings. The third kappa shape index (κ3) is 3.70. The van der Waals surface area contributed by atoms with E-state index in [-0.39, 0.29) is 5.56 Å². The number of aromatic nitrogens is 3. The number of pyridine rings is 1. The van der Waals surface area contributed by atoms with E-state index < -0.39 is 11.6 Å². The highest BCUT2D eigenvalue weighted by atomic mass is 19.2. The van der Waals surface area contributed by atoms with Crippen LogP contribution in [0.15, 0.2) is 41.3 Å². The third-order valence-corrected chi connectivity index (χ3v) is 5.58. The van der Waals surface area contributed by atoms with Crippen LogP contribution in [0.3, 0.4) is 0 Å². The van der Waals surface area contributed by atoms with E-state index in [1.54, 1.807) is 12.3 Å². The molecule has 0 spiro atoms. The topological polar surface area (TPSA) is 61.9 Å². The largest absolute Gasteiger partial charge is 0.310 e. The first-order valence-electron chi connectivity index (χ1n) is 9.81. The van der Waals surface area contributed by atoms with Crippen molar-refractivity contribution < 1.29 is 8.78 Å². The summed E-state index contributed by atoms with van der Waals surface area (Å²) < 4.78 is 26.5. The maximum absolute atomic E-state index is 13.4. The number of H-pyrrole nitrogens is 1. The number of benzene rings is 1. The lowest BCUT2D eigenvalue weighted by atomic mass is 10.1. The second-order valence-corrected chi connectivity index (χ2v) is 7.79. The maximum atomic E-state index is 13.4. The summed E-state index contributed by atoms with van der Waals surface area (Å²) in [5.41, 5.74) is 3.79. The Labute approximate surface area is 166 Å². The van der Waals surface area contributed by atoms with Gasteiger partial charge in [0, 0.05) is 43.7 Å². The van der Waals surface area contributed by atoms with Crippen LogP contribution in [0.2, 0.25) is 0 Å². The van der Waals surface area contributed by atoms with Gasteiger partial charge in [0.1, 0.15) is 5.82 Å². The molecular formula is C22H20F2N4O. The number of halogens is 2. The van der Waals surface area contributed by atoms with Crippen molar-refractivity contribution in [3.05, 3.63) is 81.2 Å². The zero-order valence-electron chi connectivity index (χ0n) is 15.8. The molecule has 0 saturated heterocycles. The minimum absolute atomic E-state index is 0.0200. The first-order valence-corrected chi connectivity index (χ1v) is 9.81. The van der Waals surface area contributed by atoms with Crippen LogP contribution >= 0.6 is 0 Å². The average Bonchev–Trinajstić information content (AvgIpc) is 3.56. The SMILES string of the molecule is O=c1[nH]c(C2CC2)nc2c1CN(Cc1ccc(-c3ccc(F)c(F)c3)nc1)CC2. The van der Waals surface area contributed by atoms with Crippen LogP contribution in [0.25, 0.3) is 11.3 Å². The summed E-state index contributed by atoms with van der Waals surface area (Å²) in [4.78, 5) is 26.7. The molecular weight excluding hydrogens is 374 g/mol. The van der Waals surface area contributed by atoms with E-state index in [1.807, 2.05) is 6.07 Å². The number of hydrogen-bond donors (Lipinski definition) is 1. The summed E-state index contributed by atoms with van der Waals surface area (Å²) in [5.74, 6) is -0.474. The molecule has 2 aliphatic rings. The molecule has 1 aliphatic carbocycles. The van der Waals surface area contributed by atoms with Crippen LogP contribution in [0.1, 0.15) is 41.4 Å². The summed E-state index contributed by atoms with van der Waals surface area (Å²) in [6, 6.07) is 7.49. The van der Waals surface area contributed by atoms with Gasteiger partial charge in [-0.15, -0.1) is 0 Å². The minimum atomic E-state index is -0.885. The molecule has 5 nitrogen and oxygen atoms in total.